The summed E-state index contributed by atoms with van der Waals surface area (Å²) in [6.07, 6.45) is 4.14. The largest absolute Gasteiger partial charge is 0.484 e. The molecule has 5 rings (SSSR count). The van der Waals surface area contributed by atoms with Gasteiger partial charge in [-0.3, -0.25) is 9.59 Å². The predicted octanol–water partition coefficient (Wildman–Crippen LogP) is 4.92. The molecule has 0 unspecified atom stereocenters. The van der Waals surface area contributed by atoms with Gasteiger partial charge in [0.05, 0.1) is 22.3 Å². The molecule has 0 N–H and O–H groups in total. The average molecular weight is 452 g/mol. The number of aromatic nitrogens is 2. The second kappa shape index (κ2) is 8.43. The Morgan fingerprint density at radius 1 is 1.19 bits per heavy atom. The number of halogens is 1. The number of likely N-dealkylation sites (tertiary alicyclic amines) is 1. The van der Waals surface area contributed by atoms with Gasteiger partial charge in [-0.05, 0) is 68.1 Å². The van der Waals surface area contributed by atoms with Gasteiger partial charge in [-0.15, -0.1) is 0 Å². The zero-order chi connectivity index (χ0) is 22.2. The first-order valence-corrected chi connectivity index (χ1v) is 11.5. The fourth-order valence-electron chi connectivity index (χ4n) is 3.57. The number of carbonyl (C=O) groups excluding carboxylic acids is 2. The maximum atomic E-state index is 14.6. The molecular formula is C24H22FN3O3S. The van der Waals surface area contributed by atoms with E-state index in [1.54, 1.807) is 29.3 Å². The summed E-state index contributed by atoms with van der Waals surface area (Å²) in [5, 5.41) is 0. The Hall–Kier alpha value is -3.13. The van der Waals surface area contributed by atoms with Gasteiger partial charge in [0.25, 0.3) is 5.91 Å². The third-order valence-corrected chi connectivity index (χ3v) is 6.77. The normalized spacial score (nSPS) is 16.4. The molecule has 2 aromatic heterocycles. The second-order valence-corrected chi connectivity index (χ2v) is 9.07. The highest BCUT2D eigenvalue weighted by atomic mass is 32.1. The van der Waals surface area contributed by atoms with Gasteiger partial charge in [0, 0.05) is 24.6 Å². The number of carbonyl (C=O) groups is 2. The van der Waals surface area contributed by atoms with Crippen molar-refractivity contribution >= 4 is 23.2 Å². The molecule has 1 aliphatic heterocycles. The van der Waals surface area contributed by atoms with Crippen LogP contribution in [0.25, 0.3) is 11.3 Å². The minimum atomic E-state index is -0.537. The molecule has 6 nitrogen and oxygen atoms in total. The lowest BCUT2D eigenvalue weighted by atomic mass is 10.1. The third kappa shape index (κ3) is 4.14. The molecule has 0 spiro atoms. The van der Waals surface area contributed by atoms with Crippen molar-refractivity contribution in [1.82, 2.24) is 14.3 Å². The third-order valence-electron chi connectivity index (χ3n) is 5.82. The number of hydrogen-bond acceptors (Lipinski definition) is 6. The molecular weight excluding hydrogens is 429 g/mol. The summed E-state index contributed by atoms with van der Waals surface area (Å²) in [4.78, 5) is 31.1. The van der Waals surface area contributed by atoms with Crippen LogP contribution in [0.2, 0.25) is 0 Å². The number of nitrogens with zero attached hydrogens (tertiary/aromatic N) is 3. The average Bonchev–Trinajstić information content (AvgIpc) is 3.48. The number of ether oxygens (including phenoxy) is 1. The Bertz CT molecular complexity index is 1170. The highest BCUT2D eigenvalue weighted by Crippen LogP contribution is 2.33. The zero-order valence-corrected chi connectivity index (χ0v) is 18.4. The molecule has 3 aromatic rings. The van der Waals surface area contributed by atoms with Gasteiger partial charge in [-0.1, -0.05) is 6.07 Å². The quantitative estimate of drug-likeness (QED) is 0.477. The fourth-order valence-corrected chi connectivity index (χ4v) is 4.29. The second-order valence-electron chi connectivity index (χ2n) is 8.23. The first-order valence-electron chi connectivity index (χ1n) is 10.7. The van der Waals surface area contributed by atoms with Crippen molar-refractivity contribution in [2.45, 2.75) is 32.3 Å². The lowest BCUT2D eigenvalue weighted by Crippen LogP contribution is -2.42. The summed E-state index contributed by atoms with van der Waals surface area (Å²) in [6, 6.07) is 9.92. The lowest BCUT2D eigenvalue weighted by Gasteiger charge is -2.31. The minimum absolute atomic E-state index is 0.0942. The maximum Gasteiger partial charge on any atom is 0.256 e. The van der Waals surface area contributed by atoms with Crippen LogP contribution in [0.3, 0.4) is 0 Å². The highest BCUT2D eigenvalue weighted by molar-refractivity contribution is 7.06. The number of amides is 1. The molecule has 1 saturated carbocycles. The van der Waals surface area contributed by atoms with E-state index in [9.17, 15) is 14.0 Å². The number of ketones is 1. The molecule has 1 aromatic carbocycles. The molecule has 0 bridgehead atoms. The zero-order valence-electron chi connectivity index (χ0n) is 17.6. The van der Waals surface area contributed by atoms with Crippen LogP contribution in [0.5, 0.6) is 5.75 Å². The summed E-state index contributed by atoms with van der Waals surface area (Å²) < 4.78 is 25.0. The Morgan fingerprint density at radius 3 is 2.62 bits per heavy atom. The SMILES string of the molecule is C[C@@H](Oc1ccc(C(=O)C2CC2)nc1)c1cc(-c2ccc(C(=O)N3CCC3)c(F)c2)ns1. The van der Waals surface area contributed by atoms with Crippen LogP contribution >= 0.6 is 11.5 Å². The Morgan fingerprint density at radius 2 is 2.00 bits per heavy atom. The van der Waals surface area contributed by atoms with Gasteiger partial charge < -0.3 is 9.64 Å². The topological polar surface area (TPSA) is 72.4 Å². The molecule has 1 atom stereocenters. The van der Waals surface area contributed by atoms with Gasteiger partial charge in [0.1, 0.15) is 23.4 Å². The molecule has 1 amide bonds. The van der Waals surface area contributed by atoms with E-state index in [2.05, 4.69) is 9.36 Å². The van der Waals surface area contributed by atoms with Crippen LogP contribution in [-0.4, -0.2) is 39.0 Å². The van der Waals surface area contributed by atoms with Crippen LogP contribution < -0.4 is 4.74 Å². The molecule has 2 fully saturated rings. The minimum Gasteiger partial charge on any atom is -0.484 e. The van der Waals surface area contributed by atoms with E-state index in [4.69, 9.17) is 4.74 Å². The number of Topliss-reactive ketones (excluding diaryl/α,β-unsaturated/α-hetero) is 1. The van der Waals surface area contributed by atoms with Crippen LogP contribution in [0.1, 0.15) is 58.0 Å². The monoisotopic (exact) mass is 451 g/mol. The summed E-state index contributed by atoms with van der Waals surface area (Å²) in [5.74, 6) is 0.00248. The first-order chi connectivity index (χ1) is 15.5. The Kier molecular flexibility index (Phi) is 5.46. The van der Waals surface area contributed by atoms with Crippen LogP contribution in [0, 0.1) is 11.7 Å². The molecule has 32 heavy (non-hydrogen) atoms. The first kappa shape index (κ1) is 20.8. The van der Waals surface area contributed by atoms with E-state index in [0.29, 0.717) is 35.8 Å². The number of rotatable bonds is 7. The molecule has 8 heteroatoms. The van der Waals surface area contributed by atoms with Crippen molar-refractivity contribution in [3.05, 3.63) is 64.5 Å². The molecule has 2 aliphatic rings. The predicted molar refractivity (Wildman–Crippen MR) is 118 cm³/mol. The van der Waals surface area contributed by atoms with E-state index < -0.39 is 5.82 Å². The van der Waals surface area contributed by atoms with E-state index in [1.807, 2.05) is 13.0 Å². The van der Waals surface area contributed by atoms with E-state index >= 15 is 0 Å². The standard InChI is InChI=1S/C24H22FN3O3S/c1-14(31-17-6-8-20(26-13-17)23(29)15-3-4-15)22-12-21(27-32-22)16-5-7-18(19(25)11-16)24(30)28-9-2-10-28/h5-8,11-15H,2-4,9-10H2,1H3/t14-/m1/s1. The Labute approximate surface area is 189 Å². The lowest BCUT2D eigenvalue weighted by molar-refractivity contribution is 0.0647. The van der Waals surface area contributed by atoms with Crippen LogP contribution in [-0.2, 0) is 0 Å². The molecule has 3 heterocycles. The number of benzene rings is 1. The Balaban J connectivity index is 1.26. The van der Waals surface area contributed by atoms with Gasteiger partial charge in [-0.2, -0.15) is 4.37 Å². The molecule has 1 saturated heterocycles. The van der Waals surface area contributed by atoms with Crippen LogP contribution in [0.4, 0.5) is 4.39 Å². The van der Waals surface area contributed by atoms with E-state index in [0.717, 1.165) is 24.1 Å². The summed E-state index contributed by atoms with van der Waals surface area (Å²) in [6.45, 7) is 3.26. The van der Waals surface area contributed by atoms with Crippen molar-refractivity contribution in [3.63, 3.8) is 0 Å². The summed E-state index contributed by atoms with van der Waals surface area (Å²) >= 11 is 1.28. The maximum absolute atomic E-state index is 14.6. The smallest absolute Gasteiger partial charge is 0.256 e. The van der Waals surface area contributed by atoms with Crippen molar-refractivity contribution in [3.8, 4) is 17.0 Å². The molecule has 164 valence electrons. The molecule has 0 radical (unpaired) electrons. The van der Waals surface area contributed by atoms with Crippen molar-refractivity contribution in [1.29, 1.82) is 0 Å². The summed E-state index contributed by atoms with van der Waals surface area (Å²) in [7, 11) is 0. The summed E-state index contributed by atoms with van der Waals surface area (Å²) in [5.41, 5.74) is 1.81. The molecule has 1 aliphatic carbocycles. The van der Waals surface area contributed by atoms with Gasteiger partial charge in [0.15, 0.2) is 5.78 Å². The highest BCUT2D eigenvalue weighted by Gasteiger charge is 2.31. The van der Waals surface area contributed by atoms with E-state index in [-0.39, 0.29) is 29.3 Å². The van der Waals surface area contributed by atoms with Gasteiger partial charge in [-0.25, -0.2) is 9.37 Å². The fraction of sp³-hybridized carbons (Fsp3) is 0.333. The van der Waals surface area contributed by atoms with Crippen molar-refractivity contribution < 1.29 is 18.7 Å². The number of hydrogen-bond donors (Lipinski definition) is 0. The van der Waals surface area contributed by atoms with Gasteiger partial charge >= 0.3 is 0 Å². The van der Waals surface area contributed by atoms with E-state index in [1.165, 1.54) is 23.7 Å². The van der Waals surface area contributed by atoms with Crippen molar-refractivity contribution in [2.75, 3.05) is 13.1 Å². The van der Waals surface area contributed by atoms with Crippen molar-refractivity contribution in [2.24, 2.45) is 5.92 Å². The number of pyridine rings is 1. The van der Waals surface area contributed by atoms with Gasteiger partial charge in [0.2, 0.25) is 0 Å². The van der Waals surface area contributed by atoms with Crippen LogP contribution in [0.15, 0.2) is 42.6 Å².